The number of rotatable bonds is 7. The number of Topliss-reactive ketones (excluding diaryl/α,β-unsaturated/α-hetero) is 1. The van der Waals surface area contributed by atoms with Gasteiger partial charge in [0.2, 0.25) is 0 Å². The summed E-state index contributed by atoms with van der Waals surface area (Å²) in [6, 6.07) is 8.26. The number of carbonyl (C=O) groups excluding carboxylic acids is 1. The SMILES string of the molecule is CCCCCCCCC1=CC=C2C(=Cc3ccccc32)C1=O. The van der Waals surface area contributed by atoms with Crippen LogP contribution >= 0.6 is 0 Å². The van der Waals surface area contributed by atoms with Crippen molar-refractivity contribution in [3.8, 4) is 0 Å². The Morgan fingerprint density at radius 2 is 1.64 bits per heavy atom. The van der Waals surface area contributed by atoms with Gasteiger partial charge < -0.3 is 0 Å². The first-order valence-electron chi connectivity index (χ1n) is 8.58. The summed E-state index contributed by atoms with van der Waals surface area (Å²) in [4.78, 5) is 12.7. The molecule has 114 valence electrons. The van der Waals surface area contributed by atoms with Crippen molar-refractivity contribution in [1.82, 2.24) is 0 Å². The Bertz CT molecular complexity index is 658. The fraction of sp³-hybridized carbons (Fsp3) is 0.381. The first kappa shape index (κ1) is 15.0. The van der Waals surface area contributed by atoms with Gasteiger partial charge in [0.25, 0.3) is 0 Å². The van der Waals surface area contributed by atoms with E-state index in [1.54, 1.807) is 0 Å². The van der Waals surface area contributed by atoms with Gasteiger partial charge in [0, 0.05) is 11.1 Å². The molecule has 0 radical (unpaired) electrons. The second-order valence-electron chi connectivity index (χ2n) is 6.26. The average Bonchev–Trinajstić information content (AvgIpc) is 2.92. The summed E-state index contributed by atoms with van der Waals surface area (Å²) >= 11 is 0. The van der Waals surface area contributed by atoms with Crippen molar-refractivity contribution in [2.45, 2.75) is 51.9 Å². The molecular weight excluding hydrogens is 268 g/mol. The van der Waals surface area contributed by atoms with Crippen LogP contribution in [-0.4, -0.2) is 5.78 Å². The molecule has 0 atom stereocenters. The third-order valence-corrected chi connectivity index (χ3v) is 4.63. The van der Waals surface area contributed by atoms with Gasteiger partial charge in [-0.2, -0.15) is 0 Å². The number of fused-ring (bicyclic) bond motifs is 3. The van der Waals surface area contributed by atoms with Crippen LogP contribution in [-0.2, 0) is 4.79 Å². The number of carbonyl (C=O) groups is 1. The van der Waals surface area contributed by atoms with E-state index in [1.165, 1.54) is 43.2 Å². The zero-order chi connectivity index (χ0) is 15.4. The average molecular weight is 292 g/mol. The van der Waals surface area contributed by atoms with Crippen LogP contribution in [0.2, 0.25) is 0 Å². The molecule has 1 heteroatoms. The molecule has 0 unspecified atom stereocenters. The summed E-state index contributed by atoms with van der Waals surface area (Å²) in [5.74, 6) is 0.238. The zero-order valence-corrected chi connectivity index (χ0v) is 13.4. The number of benzene rings is 1. The minimum atomic E-state index is 0.238. The minimum Gasteiger partial charge on any atom is -0.289 e. The summed E-state index contributed by atoms with van der Waals surface area (Å²) in [6.07, 6.45) is 14.8. The minimum absolute atomic E-state index is 0.238. The van der Waals surface area contributed by atoms with Crippen molar-refractivity contribution >= 4 is 17.4 Å². The number of hydrogen-bond acceptors (Lipinski definition) is 1. The molecule has 0 saturated carbocycles. The maximum Gasteiger partial charge on any atom is 0.189 e. The maximum atomic E-state index is 12.7. The Hall–Kier alpha value is -1.89. The molecule has 1 nitrogen and oxygen atoms in total. The molecule has 0 aliphatic heterocycles. The van der Waals surface area contributed by atoms with Crippen LogP contribution in [0.25, 0.3) is 11.6 Å². The summed E-state index contributed by atoms with van der Waals surface area (Å²) < 4.78 is 0. The lowest BCUT2D eigenvalue weighted by molar-refractivity contribution is -0.112. The topological polar surface area (TPSA) is 17.1 Å². The molecule has 0 spiro atoms. The smallest absolute Gasteiger partial charge is 0.189 e. The van der Waals surface area contributed by atoms with Crippen molar-refractivity contribution < 1.29 is 4.79 Å². The van der Waals surface area contributed by atoms with E-state index < -0.39 is 0 Å². The molecule has 2 aliphatic rings. The highest BCUT2D eigenvalue weighted by Crippen LogP contribution is 2.39. The van der Waals surface area contributed by atoms with Crippen LogP contribution < -0.4 is 0 Å². The fourth-order valence-corrected chi connectivity index (χ4v) is 3.34. The third-order valence-electron chi connectivity index (χ3n) is 4.63. The van der Waals surface area contributed by atoms with Gasteiger partial charge in [0.05, 0.1) is 0 Å². The molecule has 1 aromatic rings. The normalized spacial score (nSPS) is 15.9. The Balaban J connectivity index is 1.62. The van der Waals surface area contributed by atoms with Crippen LogP contribution in [0.4, 0.5) is 0 Å². The molecule has 1 aromatic carbocycles. The van der Waals surface area contributed by atoms with Gasteiger partial charge in [-0.05, 0) is 35.6 Å². The molecule has 0 amide bonds. The predicted molar refractivity (Wildman–Crippen MR) is 93.5 cm³/mol. The standard InChI is InChI=1S/C21H24O/c1-2-3-4-5-6-7-10-16-13-14-19-18-12-9-8-11-17(18)15-20(19)21(16)22/h8-9,11-15H,2-7,10H2,1H3. The van der Waals surface area contributed by atoms with Crippen molar-refractivity contribution in [1.29, 1.82) is 0 Å². The Labute approximate surface area is 133 Å². The summed E-state index contributed by atoms with van der Waals surface area (Å²) in [5, 5.41) is 0. The maximum absolute atomic E-state index is 12.7. The molecule has 0 bridgehead atoms. The molecule has 3 rings (SSSR count). The van der Waals surface area contributed by atoms with E-state index in [0.717, 1.165) is 29.6 Å². The molecule has 0 N–H and O–H groups in total. The number of allylic oxidation sites excluding steroid dienone is 5. The van der Waals surface area contributed by atoms with Crippen LogP contribution in [0.15, 0.2) is 47.6 Å². The van der Waals surface area contributed by atoms with Gasteiger partial charge in [0.15, 0.2) is 5.78 Å². The largest absolute Gasteiger partial charge is 0.289 e. The summed E-state index contributed by atoms with van der Waals surface area (Å²) in [7, 11) is 0. The molecule has 0 fully saturated rings. The van der Waals surface area contributed by atoms with Crippen molar-refractivity contribution in [3.63, 3.8) is 0 Å². The molecular formula is C21H24O. The van der Waals surface area contributed by atoms with Crippen LogP contribution in [0.1, 0.15) is 63.0 Å². The second kappa shape index (κ2) is 6.91. The molecule has 0 heterocycles. The molecule has 0 saturated heterocycles. The van der Waals surface area contributed by atoms with Gasteiger partial charge in [-0.15, -0.1) is 0 Å². The van der Waals surface area contributed by atoms with E-state index in [2.05, 4.69) is 31.2 Å². The fourth-order valence-electron chi connectivity index (χ4n) is 3.34. The highest BCUT2D eigenvalue weighted by atomic mass is 16.1. The van der Waals surface area contributed by atoms with E-state index in [9.17, 15) is 4.79 Å². The van der Waals surface area contributed by atoms with Gasteiger partial charge >= 0.3 is 0 Å². The lowest BCUT2D eigenvalue weighted by Gasteiger charge is -2.14. The van der Waals surface area contributed by atoms with E-state index in [-0.39, 0.29) is 5.78 Å². The van der Waals surface area contributed by atoms with Crippen LogP contribution in [0.3, 0.4) is 0 Å². The highest BCUT2D eigenvalue weighted by molar-refractivity contribution is 6.25. The second-order valence-corrected chi connectivity index (χ2v) is 6.26. The Morgan fingerprint density at radius 3 is 2.50 bits per heavy atom. The summed E-state index contributed by atoms with van der Waals surface area (Å²) in [5.41, 5.74) is 5.35. The van der Waals surface area contributed by atoms with Gasteiger partial charge in [-0.1, -0.05) is 75.4 Å². The quantitative estimate of drug-likeness (QED) is 0.587. The van der Waals surface area contributed by atoms with E-state index >= 15 is 0 Å². The van der Waals surface area contributed by atoms with Gasteiger partial charge in [-0.3, -0.25) is 4.79 Å². The van der Waals surface area contributed by atoms with E-state index in [4.69, 9.17) is 0 Å². The monoisotopic (exact) mass is 292 g/mol. The predicted octanol–water partition coefficient (Wildman–Crippen LogP) is 5.73. The lowest BCUT2D eigenvalue weighted by atomic mass is 9.89. The Morgan fingerprint density at radius 1 is 0.864 bits per heavy atom. The van der Waals surface area contributed by atoms with Crippen molar-refractivity contribution in [2.75, 3.05) is 0 Å². The zero-order valence-electron chi connectivity index (χ0n) is 13.4. The highest BCUT2D eigenvalue weighted by Gasteiger charge is 2.27. The first-order valence-corrected chi connectivity index (χ1v) is 8.58. The number of unbranched alkanes of at least 4 members (excludes halogenated alkanes) is 5. The summed E-state index contributed by atoms with van der Waals surface area (Å²) in [6.45, 7) is 2.24. The molecule has 22 heavy (non-hydrogen) atoms. The van der Waals surface area contributed by atoms with Crippen molar-refractivity contribution in [3.05, 3.63) is 58.7 Å². The Kier molecular flexibility index (Phi) is 4.72. The van der Waals surface area contributed by atoms with E-state index in [0.29, 0.717) is 0 Å². The molecule has 0 aromatic heterocycles. The third kappa shape index (κ3) is 2.99. The van der Waals surface area contributed by atoms with Crippen LogP contribution in [0, 0.1) is 0 Å². The number of ketones is 1. The van der Waals surface area contributed by atoms with Crippen molar-refractivity contribution in [2.24, 2.45) is 0 Å². The first-order chi connectivity index (χ1) is 10.8. The molecule has 2 aliphatic carbocycles. The van der Waals surface area contributed by atoms with E-state index in [1.807, 2.05) is 18.2 Å². The van der Waals surface area contributed by atoms with Crippen LogP contribution in [0.5, 0.6) is 0 Å². The number of hydrogen-bond donors (Lipinski definition) is 0. The van der Waals surface area contributed by atoms with Gasteiger partial charge in [0.1, 0.15) is 0 Å². The van der Waals surface area contributed by atoms with Gasteiger partial charge in [-0.25, -0.2) is 0 Å². The lowest BCUT2D eigenvalue weighted by Crippen LogP contribution is -2.09.